The number of rotatable bonds is 7. The van der Waals surface area contributed by atoms with Crippen molar-refractivity contribution >= 4 is 29.8 Å². The van der Waals surface area contributed by atoms with Crippen molar-refractivity contribution in [3.8, 4) is 0 Å². The fraction of sp³-hybridized carbons (Fsp3) is 0.286. The summed E-state index contributed by atoms with van der Waals surface area (Å²) in [4.78, 5) is 12.4. The Bertz CT molecular complexity index is 1150. The molecule has 1 aromatic heterocycles. The summed E-state index contributed by atoms with van der Waals surface area (Å²) in [6, 6.07) is 13.1. The second-order valence-corrected chi connectivity index (χ2v) is 7.85. The molecule has 0 bridgehead atoms. The monoisotopic (exact) mass is 462 g/mol. The standard InChI is InChI=1S/C21H20ClFN4O3S/c1-29-11-10-24-19(28)26-13-25-27(20(26)31)12-21(14-6-8-15(23)9-7-14)18(30-21)16-4-2-3-5-17(16)22/h2-9,13,18H,10-12H2,1H3,(H,24,28). The number of nitrogens with one attached hydrogen (secondary N) is 1. The van der Waals surface area contributed by atoms with E-state index in [1.54, 1.807) is 25.3 Å². The van der Waals surface area contributed by atoms with Crippen LogP contribution in [0.25, 0.3) is 0 Å². The van der Waals surface area contributed by atoms with Gasteiger partial charge in [0, 0.05) is 24.2 Å². The fourth-order valence-electron chi connectivity index (χ4n) is 3.49. The van der Waals surface area contributed by atoms with E-state index in [0.29, 0.717) is 18.2 Å². The molecule has 31 heavy (non-hydrogen) atoms. The summed E-state index contributed by atoms with van der Waals surface area (Å²) < 4.78 is 27.6. The zero-order chi connectivity index (χ0) is 22.0. The van der Waals surface area contributed by atoms with Gasteiger partial charge < -0.3 is 14.8 Å². The molecule has 1 saturated heterocycles. The topological polar surface area (TPSA) is 73.6 Å². The van der Waals surface area contributed by atoms with E-state index < -0.39 is 11.6 Å². The highest BCUT2D eigenvalue weighted by Crippen LogP contribution is 2.59. The van der Waals surface area contributed by atoms with E-state index in [9.17, 15) is 9.18 Å². The molecule has 10 heteroatoms. The van der Waals surface area contributed by atoms with E-state index in [0.717, 1.165) is 11.1 Å². The van der Waals surface area contributed by atoms with E-state index in [2.05, 4.69) is 10.4 Å². The van der Waals surface area contributed by atoms with E-state index in [-0.39, 0.29) is 23.2 Å². The van der Waals surface area contributed by atoms with Crippen LogP contribution < -0.4 is 5.32 Å². The lowest BCUT2D eigenvalue weighted by Gasteiger charge is -2.14. The van der Waals surface area contributed by atoms with Crippen LogP contribution in [-0.2, 0) is 21.6 Å². The van der Waals surface area contributed by atoms with Gasteiger partial charge in [-0.05, 0) is 36.0 Å². The summed E-state index contributed by atoms with van der Waals surface area (Å²) in [6.07, 6.45) is 0.990. The number of carbonyl (C=O) groups excluding carboxylic acids is 1. The third-order valence-corrected chi connectivity index (χ3v) is 5.89. The summed E-state index contributed by atoms with van der Waals surface area (Å²) in [5.41, 5.74) is 0.736. The van der Waals surface area contributed by atoms with Crippen LogP contribution in [0.5, 0.6) is 0 Å². The van der Waals surface area contributed by atoms with Crippen molar-refractivity contribution in [1.82, 2.24) is 19.7 Å². The number of halogens is 2. The van der Waals surface area contributed by atoms with E-state index in [1.165, 1.54) is 27.7 Å². The van der Waals surface area contributed by atoms with Gasteiger partial charge in [-0.25, -0.2) is 18.4 Å². The summed E-state index contributed by atoms with van der Waals surface area (Å²) in [6.45, 7) is 0.958. The predicted molar refractivity (Wildman–Crippen MR) is 115 cm³/mol. The number of hydrogen-bond acceptors (Lipinski definition) is 5. The highest BCUT2D eigenvalue weighted by Gasteiger charge is 2.59. The molecule has 1 aliphatic heterocycles. The number of aromatic nitrogens is 3. The molecule has 0 saturated carbocycles. The molecular formula is C21H20ClFN4O3S. The maximum atomic E-state index is 13.5. The molecule has 4 rings (SSSR count). The lowest BCUT2D eigenvalue weighted by Crippen LogP contribution is -2.31. The molecule has 2 heterocycles. The molecule has 0 radical (unpaired) electrons. The minimum Gasteiger partial charge on any atom is -0.383 e. The number of methoxy groups -OCH3 is 1. The van der Waals surface area contributed by atoms with E-state index in [1.807, 2.05) is 18.2 Å². The lowest BCUT2D eigenvalue weighted by atomic mass is 9.91. The third-order valence-electron chi connectivity index (χ3n) is 5.13. The van der Waals surface area contributed by atoms with Gasteiger partial charge in [0.25, 0.3) is 0 Å². The van der Waals surface area contributed by atoms with Crippen molar-refractivity contribution in [2.24, 2.45) is 0 Å². The summed E-state index contributed by atoms with van der Waals surface area (Å²) in [5.74, 6) is -0.345. The molecular weight excluding hydrogens is 443 g/mol. The largest absolute Gasteiger partial charge is 0.383 e. The van der Waals surface area contributed by atoms with Crippen molar-refractivity contribution in [2.45, 2.75) is 18.2 Å². The van der Waals surface area contributed by atoms with Gasteiger partial charge in [0.1, 0.15) is 23.8 Å². The fourth-order valence-corrected chi connectivity index (χ4v) is 3.97. The number of benzene rings is 2. The first-order valence-corrected chi connectivity index (χ1v) is 10.3. The molecule has 2 unspecified atom stereocenters. The first-order valence-electron chi connectivity index (χ1n) is 9.56. The van der Waals surface area contributed by atoms with Gasteiger partial charge in [0.15, 0.2) is 0 Å². The number of nitrogens with zero attached hydrogens (tertiary/aromatic N) is 3. The van der Waals surface area contributed by atoms with Crippen LogP contribution in [0.4, 0.5) is 9.18 Å². The van der Waals surface area contributed by atoms with Gasteiger partial charge in [0.05, 0.1) is 13.2 Å². The third kappa shape index (κ3) is 4.27. The molecule has 1 N–H and O–H groups in total. The van der Waals surface area contributed by atoms with Crippen molar-refractivity contribution < 1.29 is 18.7 Å². The first kappa shape index (κ1) is 21.6. The highest BCUT2D eigenvalue weighted by molar-refractivity contribution is 7.71. The average Bonchev–Trinajstić information content (AvgIpc) is 3.37. The van der Waals surface area contributed by atoms with Crippen molar-refractivity contribution in [3.63, 3.8) is 0 Å². The number of ether oxygens (including phenoxy) is 2. The van der Waals surface area contributed by atoms with Crippen LogP contribution in [0.15, 0.2) is 54.9 Å². The second-order valence-electron chi connectivity index (χ2n) is 7.08. The van der Waals surface area contributed by atoms with Gasteiger partial charge in [-0.1, -0.05) is 41.9 Å². The molecule has 2 atom stereocenters. The molecule has 0 aliphatic carbocycles. The number of hydrogen-bond donors (Lipinski definition) is 1. The molecule has 1 amide bonds. The van der Waals surface area contributed by atoms with Gasteiger partial charge in [0.2, 0.25) is 4.77 Å². The van der Waals surface area contributed by atoms with Crippen LogP contribution in [0.2, 0.25) is 5.02 Å². The SMILES string of the molecule is COCCNC(=O)n1cnn(CC2(c3ccc(F)cc3)OC2c2ccccc2Cl)c1=S. The zero-order valence-corrected chi connectivity index (χ0v) is 18.2. The second kappa shape index (κ2) is 8.88. The first-order chi connectivity index (χ1) is 15.0. The minimum atomic E-state index is -0.845. The summed E-state index contributed by atoms with van der Waals surface area (Å²) >= 11 is 11.8. The van der Waals surface area contributed by atoms with Crippen molar-refractivity contribution in [1.29, 1.82) is 0 Å². The zero-order valence-electron chi connectivity index (χ0n) is 16.6. The van der Waals surface area contributed by atoms with Gasteiger partial charge >= 0.3 is 6.03 Å². The van der Waals surface area contributed by atoms with Crippen LogP contribution in [-0.4, -0.2) is 40.6 Å². The Morgan fingerprint density at radius 1 is 1.32 bits per heavy atom. The highest BCUT2D eigenvalue weighted by atomic mass is 35.5. The Morgan fingerprint density at radius 3 is 2.77 bits per heavy atom. The van der Waals surface area contributed by atoms with Crippen LogP contribution in [0.1, 0.15) is 17.2 Å². The van der Waals surface area contributed by atoms with Gasteiger partial charge in [-0.3, -0.25) is 0 Å². The molecule has 2 aromatic carbocycles. The maximum absolute atomic E-state index is 13.5. The van der Waals surface area contributed by atoms with Crippen molar-refractivity contribution in [2.75, 3.05) is 20.3 Å². The Balaban J connectivity index is 1.65. The normalized spacial score (nSPS) is 19.9. The number of amides is 1. The molecule has 3 aromatic rings. The Labute approximate surface area is 188 Å². The number of carbonyl (C=O) groups is 1. The Kier molecular flexibility index (Phi) is 6.19. The lowest BCUT2D eigenvalue weighted by molar-refractivity contribution is 0.196. The van der Waals surface area contributed by atoms with E-state index >= 15 is 0 Å². The van der Waals surface area contributed by atoms with Gasteiger partial charge in [-0.15, -0.1) is 0 Å². The molecule has 7 nitrogen and oxygen atoms in total. The summed E-state index contributed by atoms with van der Waals surface area (Å²) in [5, 5.41) is 7.55. The summed E-state index contributed by atoms with van der Waals surface area (Å²) in [7, 11) is 1.55. The van der Waals surface area contributed by atoms with Crippen LogP contribution >= 0.6 is 23.8 Å². The Morgan fingerprint density at radius 2 is 2.06 bits per heavy atom. The van der Waals surface area contributed by atoms with Gasteiger partial charge in [-0.2, -0.15) is 5.10 Å². The average molecular weight is 463 g/mol. The predicted octanol–water partition coefficient (Wildman–Crippen LogP) is 4.08. The maximum Gasteiger partial charge on any atom is 0.329 e. The molecule has 1 fully saturated rings. The molecule has 162 valence electrons. The van der Waals surface area contributed by atoms with Crippen molar-refractivity contribution in [3.05, 3.63) is 81.6 Å². The molecule has 0 spiro atoms. The Hall–Kier alpha value is -2.59. The smallest absolute Gasteiger partial charge is 0.329 e. The van der Waals surface area contributed by atoms with Crippen LogP contribution in [0.3, 0.4) is 0 Å². The van der Waals surface area contributed by atoms with Crippen LogP contribution in [0, 0.1) is 10.6 Å². The minimum absolute atomic E-state index is 0.213. The quantitative estimate of drug-likeness (QED) is 0.325. The number of epoxide rings is 1. The van der Waals surface area contributed by atoms with E-state index in [4.69, 9.17) is 33.3 Å². The molecule has 1 aliphatic rings.